The number of nitrogens with zero attached hydrogens (tertiary/aromatic N) is 1. The molecule has 0 radical (unpaired) electrons. The van der Waals surface area contributed by atoms with Crippen LogP contribution in [0.15, 0.2) is 24.3 Å². The van der Waals surface area contributed by atoms with Crippen LogP contribution in [0.2, 0.25) is 0 Å². The summed E-state index contributed by atoms with van der Waals surface area (Å²) < 4.78 is 39.8. The molecule has 1 amide bonds. The van der Waals surface area contributed by atoms with Gasteiger partial charge in [-0.25, -0.2) is 0 Å². The molecule has 2 atom stereocenters. The van der Waals surface area contributed by atoms with Gasteiger partial charge in [-0.05, 0) is 36.1 Å². The van der Waals surface area contributed by atoms with Gasteiger partial charge in [0.1, 0.15) is 5.75 Å². The van der Waals surface area contributed by atoms with Crippen LogP contribution >= 0.6 is 0 Å². The lowest BCUT2D eigenvalue weighted by Crippen LogP contribution is -2.33. The summed E-state index contributed by atoms with van der Waals surface area (Å²) in [6.45, 7) is 1.26. The first-order valence-corrected chi connectivity index (χ1v) is 6.26. The summed E-state index contributed by atoms with van der Waals surface area (Å²) in [5, 5.41) is 0. The number of rotatable bonds is 2. The van der Waals surface area contributed by atoms with Crippen molar-refractivity contribution in [2.24, 2.45) is 17.6 Å². The van der Waals surface area contributed by atoms with Crippen LogP contribution in [-0.2, 0) is 0 Å². The first kappa shape index (κ1) is 13.2. The van der Waals surface area contributed by atoms with Crippen molar-refractivity contribution in [3.63, 3.8) is 0 Å². The summed E-state index contributed by atoms with van der Waals surface area (Å²) in [5.74, 6) is 0.252. The normalized spacial score (nSPS) is 28.2. The summed E-state index contributed by atoms with van der Waals surface area (Å²) >= 11 is 0. The molecule has 1 heterocycles. The molecular weight excluding hydrogens is 273 g/mol. The van der Waals surface area contributed by atoms with Gasteiger partial charge in [-0.15, -0.1) is 13.2 Å². The SMILES string of the molecule is NC1C2CN(C(=O)c3ccc(OC(F)(F)F)cc3)CC12. The van der Waals surface area contributed by atoms with E-state index in [9.17, 15) is 18.0 Å². The van der Waals surface area contributed by atoms with Crippen LogP contribution in [0.3, 0.4) is 0 Å². The van der Waals surface area contributed by atoms with E-state index in [4.69, 9.17) is 5.73 Å². The predicted molar refractivity (Wildman–Crippen MR) is 64.0 cm³/mol. The lowest BCUT2D eigenvalue weighted by atomic mass is 10.2. The fraction of sp³-hybridized carbons (Fsp3) is 0.462. The molecule has 0 spiro atoms. The highest BCUT2D eigenvalue weighted by Gasteiger charge is 2.54. The number of fused-ring (bicyclic) bond motifs is 1. The number of amides is 1. The van der Waals surface area contributed by atoms with E-state index < -0.39 is 6.36 Å². The Kier molecular flexibility index (Phi) is 2.89. The van der Waals surface area contributed by atoms with Gasteiger partial charge in [0, 0.05) is 24.7 Å². The molecule has 4 nitrogen and oxygen atoms in total. The van der Waals surface area contributed by atoms with Crippen molar-refractivity contribution in [3.8, 4) is 5.75 Å². The molecule has 1 saturated heterocycles. The van der Waals surface area contributed by atoms with Gasteiger partial charge in [0.05, 0.1) is 0 Å². The van der Waals surface area contributed by atoms with Crippen LogP contribution < -0.4 is 10.5 Å². The lowest BCUT2D eigenvalue weighted by Gasteiger charge is -2.19. The second-order valence-corrected chi connectivity index (χ2v) is 5.19. The van der Waals surface area contributed by atoms with Crippen molar-refractivity contribution in [2.45, 2.75) is 12.4 Å². The van der Waals surface area contributed by atoms with Crippen LogP contribution in [0.4, 0.5) is 13.2 Å². The Morgan fingerprint density at radius 1 is 1.20 bits per heavy atom. The molecule has 0 aromatic heterocycles. The van der Waals surface area contributed by atoms with Gasteiger partial charge in [-0.2, -0.15) is 0 Å². The van der Waals surface area contributed by atoms with Crippen LogP contribution in [-0.4, -0.2) is 36.3 Å². The Bertz CT molecular complexity index is 517. The first-order chi connectivity index (χ1) is 9.35. The predicted octanol–water partition coefficient (Wildman–Crippen LogP) is 1.61. The Balaban J connectivity index is 1.64. The molecule has 2 unspecified atom stereocenters. The third-order valence-electron chi connectivity index (χ3n) is 3.88. The average Bonchev–Trinajstić information content (AvgIpc) is 2.81. The van der Waals surface area contributed by atoms with E-state index in [1.54, 1.807) is 4.90 Å². The van der Waals surface area contributed by atoms with Gasteiger partial charge in [-0.1, -0.05) is 0 Å². The number of carbonyl (C=O) groups excluding carboxylic acids is 1. The molecule has 108 valence electrons. The molecule has 2 N–H and O–H groups in total. The van der Waals surface area contributed by atoms with Crippen LogP contribution in [0.25, 0.3) is 0 Å². The number of carbonyl (C=O) groups is 1. The smallest absolute Gasteiger partial charge is 0.406 e. The number of hydrogen-bond donors (Lipinski definition) is 1. The van der Waals surface area contributed by atoms with E-state index >= 15 is 0 Å². The number of nitrogens with two attached hydrogens (primary N) is 1. The second-order valence-electron chi connectivity index (χ2n) is 5.19. The molecule has 2 aliphatic rings. The topological polar surface area (TPSA) is 55.6 Å². The zero-order valence-corrected chi connectivity index (χ0v) is 10.4. The zero-order chi connectivity index (χ0) is 14.5. The Labute approximate surface area is 113 Å². The maximum absolute atomic E-state index is 12.1. The van der Waals surface area contributed by atoms with Crippen molar-refractivity contribution in [1.82, 2.24) is 4.90 Å². The van der Waals surface area contributed by atoms with Gasteiger partial charge in [0.25, 0.3) is 5.91 Å². The lowest BCUT2D eigenvalue weighted by molar-refractivity contribution is -0.274. The Morgan fingerprint density at radius 2 is 1.75 bits per heavy atom. The highest BCUT2D eigenvalue weighted by molar-refractivity contribution is 5.94. The summed E-state index contributed by atoms with van der Waals surface area (Å²) in [5.41, 5.74) is 6.15. The third-order valence-corrected chi connectivity index (χ3v) is 3.88. The molecule has 20 heavy (non-hydrogen) atoms. The molecule has 1 aliphatic carbocycles. The average molecular weight is 286 g/mol. The van der Waals surface area contributed by atoms with Crippen LogP contribution in [0.1, 0.15) is 10.4 Å². The molecule has 3 rings (SSSR count). The Morgan fingerprint density at radius 3 is 2.25 bits per heavy atom. The fourth-order valence-electron chi connectivity index (χ4n) is 2.72. The van der Waals surface area contributed by atoms with Gasteiger partial charge in [0.15, 0.2) is 0 Å². The van der Waals surface area contributed by atoms with Crippen molar-refractivity contribution in [2.75, 3.05) is 13.1 Å². The third kappa shape index (κ3) is 2.45. The highest BCUT2D eigenvalue weighted by atomic mass is 19.4. The van der Waals surface area contributed by atoms with Crippen molar-refractivity contribution in [1.29, 1.82) is 0 Å². The standard InChI is InChI=1S/C13H13F3N2O2/c14-13(15,16)20-8-3-1-7(2-4-8)12(19)18-5-9-10(6-18)11(9)17/h1-4,9-11H,5-6,17H2. The van der Waals surface area contributed by atoms with Crippen molar-refractivity contribution in [3.05, 3.63) is 29.8 Å². The van der Waals surface area contributed by atoms with E-state index in [0.29, 0.717) is 30.5 Å². The molecule has 0 bridgehead atoms. The number of piperidine rings is 1. The Hall–Kier alpha value is -1.76. The van der Waals surface area contributed by atoms with Crippen molar-refractivity contribution < 1.29 is 22.7 Å². The number of hydrogen-bond acceptors (Lipinski definition) is 3. The summed E-state index contributed by atoms with van der Waals surface area (Å²) in [6.07, 6.45) is -4.72. The number of likely N-dealkylation sites (tertiary alicyclic amines) is 1. The number of alkyl halides is 3. The van der Waals surface area contributed by atoms with Gasteiger partial charge in [-0.3, -0.25) is 4.79 Å². The summed E-state index contributed by atoms with van der Waals surface area (Å²) in [4.78, 5) is 13.8. The van der Waals surface area contributed by atoms with Gasteiger partial charge >= 0.3 is 6.36 Å². The molecule has 2 fully saturated rings. The number of ether oxygens (including phenoxy) is 1. The van der Waals surface area contributed by atoms with Crippen LogP contribution in [0, 0.1) is 11.8 Å². The fourth-order valence-corrected chi connectivity index (χ4v) is 2.72. The van der Waals surface area contributed by atoms with E-state index in [0.717, 1.165) is 12.1 Å². The van der Waals surface area contributed by atoms with Crippen LogP contribution in [0.5, 0.6) is 5.75 Å². The van der Waals surface area contributed by atoms with Gasteiger partial charge < -0.3 is 15.4 Å². The first-order valence-electron chi connectivity index (χ1n) is 6.26. The molecule has 7 heteroatoms. The van der Waals surface area contributed by atoms with Crippen molar-refractivity contribution >= 4 is 5.91 Å². The van der Waals surface area contributed by atoms with E-state index in [1.165, 1.54) is 12.1 Å². The van der Waals surface area contributed by atoms with E-state index in [-0.39, 0.29) is 17.7 Å². The molecular formula is C13H13F3N2O2. The molecule has 1 aromatic rings. The molecule has 1 aromatic carbocycles. The van der Waals surface area contributed by atoms with E-state index in [2.05, 4.69) is 4.74 Å². The maximum atomic E-state index is 12.1. The molecule has 1 aliphatic heterocycles. The largest absolute Gasteiger partial charge is 0.573 e. The van der Waals surface area contributed by atoms with E-state index in [1.807, 2.05) is 0 Å². The minimum Gasteiger partial charge on any atom is -0.406 e. The molecule has 1 saturated carbocycles. The summed E-state index contributed by atoms with van der Waals surface area (Å²) in [6, 6.07) is 5.16. The second kappa shape index (κ2) is 4.37. The highest BCUT2D eigenvalue weighted by Crippen LogP contribution is 2.44. The summed E-state index contributed by atoms with van der Waals surface area (Å²) in [7, 11) is 0. The van der Waals surface area contributed by atoms with Gasteiger partial charge in [0.2, 0.25) is 0 Å². The minimum absolute atomic E-state index is 0.178. The quantitative estimate of drug-likeness (QED) is 0.898. The zero-order valence-electron chi connectivity index (χ0n) is 10.4. The maximum Gasteiger partial charge on any atom is 0.573 e. The number of halogens is 3. The number of benzene rings is 1. The minimum atomic E-state index is -4.72. The monoisotopic (exact) mass is 286 g/mol.